The summed E-state index contributed by atoms with van der Waals surface area (Å²) in [5, 5.41) is 3.17. The van der Waals surface area contributed by atoms with Crippen LogP contribution >= 0.6 is 50.7 Å². The Hall–Kier alpha value is -2.30. The molecule has 0 aliphatic heterocycles. The van der Waals surface area contributed by atoms with Gasteiger partial charge in [0.15, 0.2) is 0 Å². The lowest BCUT2D eigenvalue weighted by molar-refractivity contribution is -0.140. The minimum absolute atomic E-state index is 0.00405. The first-order chi connectivity index (χ1) is 19.3. The van der Waals surface area contributed by atoms with Crippen molar-refractivity contribution in [3.8, 4) is 0 Å². The van der Waals surface area contributed by atoms with Gasteiger partial charge in [-0.25, -0.2) is 8.42 Å². The number of nitrogens with one attached hydrogen (secondary N) is 1. The second-order valence-corrected chi connectivity index (χ2v) is 14.0. The summed E-state index contributed by atoms with van der Waals surface area (Å²) in [6, 6.07) is 18.4. The summed E-state index contributed by atoms with van der Waals surface area (Å²) in [7, 11) is -4.01. The Morgan fingerprint density at radius 3 is 2.10 bits per heavy atom. The average Bonchev–Trinajstić information content (AvgIpc) is 2.91. The van der Waals surface area contributed by atoms with Gasteiger partial charge in [-0.05, 0) is 41.3 Å². The topological polar surface area (TPSA) is 86.8 Å². The molecule has 0 saturated heterocycles. The van der Waals surface area contributed by atoms with Gasteiger partial charge < -0.3 is 10.2 Å². The van der Waals surface area contributed by atoms with E-state index in [0.29, 0.717) is 6.54 Å². The molecule has 0 aliphatic carbocycles. The molecule has 2 amide bonds. The highest BCUT2D eigenvalue weighted by atomic mass is 79.9. The van der Waals surface area contributed by atoms with E-state index in [9.17, 15) is 18.0 Å². The normalized spacial score (nSPS) is 12.2. The van der Waals surface area contributed by atoms with Gasteiger partial charge in [-0.1, -0.05) is 107 Å². The van der Waals surface area contributed by atoms with Gasteiger partial charge in [-0.2, -0.15) is 0 Å². The lowest BCUT2D eigenvalue weighted by Crippen LogP contribution is -2.53. The van der Waals surface area contributed by atoms with Crippen molar-refractivity contribution in [2.45, 2.75) is 32.9 Å². The SMILES string of the molecule is CC(C)CNC(=O)C(Cc1ccccc1)N(Cc1ccc(Br)cc1)C(=O)CN(c1cc(Cl)c(Cl)cc1Cl)S(C)(=O)=O. The highest BCUT2D eigenvalue weighted by molar-refractivity contribution is 9.10. The van der Waals surface area contributed by atoms with E-state index in [1.807, 2.05) is 68.4 Å². The first kappa shape index (κ1) is 33.2. The number of nitrogens with zero attached hydrogens (tertiary/aromatic N) is 2. The van der Waals surface area contributed by atoms with Crippen molar-refractivity contribution in [2.24, 2.45) is 5.92 Å². The van der Waals surface area contributed by atoms with E-state index < -0.39 is 28.5 Å². The van der Waals surface area contributed by atoms with Crippen LogP contribution in [0, 0.1) is 5.92 Å². The fraction of sp³-hybridized carbons (Fsp3) is 0.310. The largest absolute Gasteiger partial charge is 0.354 e. The molecule has 0 saturated carbocycles. The van der Waals surface area contributed by atoms with Crippen LogP contribution in [0.25, 0.3) is 0 Å². The molecule has 3 aromatic carbocycles. The van der Waals surface area contributed by atoms with Gasteiger partial charge in [0.25, 0.3) is 0 Å². The maximum Gasteiger partial charge on any atom is 0.244 e. The van der Waals surface area contributed by atoms with Gasteiger partial charge in [-0.3, -0.25) is 13.9 Å². The van der Waals surface area contributed by atoms with Gasteiger partial charge in [0.05, 0.1) is 27.0 Å². The number of rotatable bonds is 12. The monoisotopic (exact) mass is 701 g/mol. The summed E-state index contributed by atoms with van der Waals surface area (Å²) in [5.74, 6) is -0.753. The van der Waals surface area contributed by atoms with Crippen molar-refractivity contribution in [1.82, 2.24) is 10.2 Å². The van der Waals surface area contributed by atoms with E-state index in [4.69, 9.17) is 34.8 Å². The second kappa shape index (κ2) is 14.7. The van der Waals surface area contributed by atoms with Crippen LogP contribution in [0.5, 0.6) is 0 Å². The molecule has 0 bridgehead atoms. The minimum Gasteiger partial charge on any atom is -0.354 e. The number of sulfonamides is 1. The lowest BCUT2D eigenvalue weighted by Gasteiger charge is -2.34. The molecule has 0 radical (unpaired) electrons. The second-order valence-electron chi connectivity index (χ2n) is 9.98. The molecule has 3 aromatic rings. The van der Waals surface area contributed by atoms with Crippen molar-refractivity contribution in [1.29, 1.82) is 0 Å². The molecule has 7 nitrogen and oxygen atoms in total. The minimum atomic E-state index is -4.01. The first-order valence-electron chi connectivity index (χ1n) is 12.7. The third-order valence-electron chi connectivity index (χ3n) is 6.16. The Morgan fingerprint density at radius 1 is 0.902 bits per heavy atom. The molecule has 1 unspecified atom stereocenters. The van der Waals surface area contributed by atoms with Gasteiger partial charge >= 0.3 is 0 Å². The molecule has 0 fully saturated rings. The van der Waals surface area contributed by atoms with Gasteiger partial charge in [0.2, 0.25) is 21.8 Å². The molecule has 0 spiro atoms. The summed E-state index contributed by atoms with van der Waals surface area (Å²) >= 11 is 22.0. The Labute approximate surface area is 264 Å². The maximum absolute atomic E-state index is 14.1. The third-order valence-corrected chi connectivity index (χ3v) is 8.84. The molecule has 0 aliphatic rings. The van der Waals surface area contributed by atoms with Crippen LogP contribution in [0.3, 0.4) is 0 Å². The van der Waals surface area contributed by atoms with E-state index >= 15 is 0 Å². The smallest absolute Gasteiger partial charge is 0.244 e. The standard InChI is InChI=1S/C29H31BrCl3N3O4S/c1-19(2)16-34-29(38)27(13-20-7-5-4-6-8-20)35(17-21-9-11-22(30)12-10-21)28(37)18-36(41(3,39)40)26-15-24(32)23(31)14-25(26)33/h4-12,14-15,19,27H,13,16-18H2,1-3H3,(H,34,38). The fourth-order valence-corrected chi connectivity index (χ4v) is 5.87. The summed E-state index contributed by atoms with van der Waals surface area (Å²) in [6.07, 6.45) is 1.19. The van der Waals surface area contributed by atoms with Crippen LogP contribution in [-0.4, -0.2) is 50.5 Å². The summed E-state index contributed by atoms with van der Waals surface area (Å²) < 4.78 is 27.6. The Morgan fingerprint density at radius 2 is 1.51 bits per heavy atom. The van der Waals surface area contributed by atoms with E-state index in [-0.39, 0.29) is 45.5 Å². The molecular weight excluding hydrogens is 673 g/mol. The summed E-state index contributed by atoms with van der Waals surface area (Å²) in [4.78, 5) is 29.2. The fourth-order valence-electron chi connectivity index (χ4n) is 4.06. The average molecular weight is 704 g/mol. The van der Waals surface area contributed by atoms with Crippen LogP contribution in [0.4, 0.5) is 5.69 Å². The van der Waals surface area contributed by atoms with Crippen molar-refractivity contribution >= 4 is 78.3 Å². The number of carbonyl (C=O) groups is 2. The van der Waals surface area contributed by atoms with Crippen molar-refractivity contribution < 1.29 is 18.0 Å². The van der Waals surface area contributed by atoms with Crippen LogP contribution in [0.15, 0.2) is 71.2 Å². The highest BCUT2D eigenvalue weighted by Gasteiger charge is 2.33. The number of benzene rings is 3. The van der Waals surface area contributed by atoms with Crippen LogP contribution in [-0.2, 0) is 32.6 Å². The number of hydrogen-bond acceptors (Lipinski definition) is 4. The molecule has 3 rings (SSSR count). The zero-order chi connectivity index (χ0) is 30.3. The Kier molecular flexibility index (Phi) is 11.9. The van der Waals surface area contributed by atoms with E-state index in [2.05, 4.69) is 21.2 Å². The summed E-state index contributed by atoms with van der Waals surface area (Å²) in [6.45, 7) is 3.81. The predicted octanol–water partition coefficient (Wildman–Crippen LogP) is 6.59. The highest BCUT2D eigenvalue weighted by Crippen LogP contribution is 2.35. The predicted molar refractivity (Wildman–Crippen MR) is 170 cm³/mol. The van der Waals surface area contributed by atoms with E-state index in [1.54, 1.807) is 0 Å². The molecule has 220 valence electrons. The van der Waals surface area contributed by atoms with Crippen molar-refractivity contribution in [2.75, 3.05) is 23.7 Å². The molecule has 41 heavy (non-hydrogen) atoms. The number of halogens is 4. The van der Waals surface area contributed by atoms with E-state index in [0.717, 1.165) is 26.2 Å². The lowest BCUT2D eigenvalue weighted by atomic mass is 10.0. The Balaban J connectivity index is 2.08. The first-order valence-corrected chi connectivity index (χ1v) is 16.5. The van der Waals surface area contributed by atoms with Crippen LogP contribution in [0.1, 0.15) is 25.0 Å². The number of hydrogen-bond donors (Lipinski definition) is 1. The van der Waals surface area contributed by atoms with Gasteiger partial charge in [0, 0.05) is 24.0 Å². The Bertz CT molecular complexity index is 1470. The van der Waals surface area contributed by atoms with Crippen molar-refractivity contribution in [3.63, 3.8) is 0 Å². The third kappa shape index (κ3) is 9.61. The van der Waals surface area contributed by atoms with Gasteiger partial charge in [0.1, 0.15) is 12.6 Å². The summed E-state index contributed by atoms with van der Waals surface area (Å²) in [5.41, 5.74) is 1.61. The molecule has 1 N–H and O–H groups in total. The molecule has 1 atom stereocenters. The number of anilines is 1. The van der Waals surface area contributed by atoms with E-state index in [1.165, 1.54) is 17.0 Å². The molecule has 12 heteroatoms. The van der Waals surface area contributed by atoms with Crippen molar-refractivity contribution in [3.05, 3.63) is 97.4 Å². The number of amides is 2. The van der Waals surface area contributed by atoms with Crippen LogP contribution in [0.2, 0.25) is 15.1 Å². The molecule has 0 aromatic heterocycles. The quantitative estimate of drug-likeness (QED) is 0.216. The van der Waals surface area contributed by atoms with Crippen LogP contribution < -0.4 is 9.62 Å². The zero-order valence-corrected chi connectivity index (χ0v) is 27.5. The van der Waals surface area contributed by atoms with Gasteiger partial charge in [-0.15, -0.1) is 0 Å². The molecular formula is C29H31BrCl3N3O4S. The number of carbonyl (C=O) groups excluding carboxylic acids is 2. The molecule has 0 heterocycles. The maximum atomic E-state index is 14.1. The zero-order valence-electron chi connectivity index (χ0n) is 22.8.